The third kappa shape index (κ3) is 4.64. The molecule has 0 spiro atoms. The van der Waals surface area contributed by atoms with Crippen LogP contribution in [0.25, 0.3) is 0 Å². The molecular formula is C22H39N4O4+. The van der Waals surface area contributed by atoms with Gasteiger partial charge in [-0.2, -0.15) is 0 Å². The number of aliphatic hydroxyl groups excluding tert-OH is 1. The van der Waals surface area contributed by atoms with Crippen LogP contribution in [0, 0.1) is 23.2 Å². The minimum absolute atomic E-state index is 0.0944. The van der Waals surface area contributed by atoms with E-state index in [1.165, 1.54) is 0 Å². The van der Waals surface area contributed by atoms with Crippen LogP contribution in [-0.2, 0) is 14.4 Å². The largest absolute Gasteiger partial charge is 0.381 e. The average Bonchev–Trinajstić information content (AvgIpc) is 3.21. The number of nitrogens with two attached hydrogens (primary N) is 1. The van der Waals surface area contributed by atoms with Gasteiger partial charge in [-0.1, -0.05) is 46.5 Å². The molecule has 3 fully saturated rings. The van der Waals surface area contributed by atoms with Gasteiger partial charge < -0.3 is 26.8 Å². The van der Waals surface area contributed by atoms with E-state index in [9.17, 15) is 19.5 Å². The van der Waals surface area contributed by atoms with E-state index in [1.54, 1.807) is 4.90 Å². The second-order valence-electron chi connectivity index (χ2n) is 10.7. The highest BCUT2D eigenvalue weighted by Gasteiger charge is 2.52. The van der Waals surface area contributed by atoms with Crippen LogP contribution >= 0.6 is 0 Å². The van der Waals surface area contributed by atoms with Crippen molar-refractivity contribution in [2.24, 2.45) is 28.9 Å². The Labute approximate surface area is 179 Å². The number of nitrogens with zero attached hydrogens (tertiary/aromatic N) is 1. The summed E-state index contributed by atoms with van der Waals surface area (Å²) in [5.41, 5.74) is 9.12. The van der Waals surface area contributed by atoms with Crippen molar-refractivity contribution in [3.8, 4) is 0 Å². The molecule has 1 saturated heterocycles. The Morgan fingerprint density at radius 2 is 1.80 bits per heavy atom. The normalized spacial score (nSPS) is 29.6. The fourth-order valence-electron chi connectivity index (χ4n) is 5.26. The Morgan fingerprint density at radius 3 is 2.33 bits per heavy atom. The molecule has 0 aromatic rings. The smallest absolute Gasteiger partial charge is 0.281 e. The summed E-state index contributed by atoms with van der Waals surface area (Å²) < 4.78 is 0. The molecule has 0 radical (unpaired) electrons. The molecule has 170 valence electrons. The van der Waals surface area contributed by atoms with Crippen molar-refractivity contribution in [1.82, 2.24) is 10.2 Å². The third-order valence-corrected chi connectivity index (χ3v) is 7.60. The van der Waals surface area contributed by atoms with Gasteiger partial charge in [-0.15, -0.1) is 0 Å². The SMILES string of the molecule is CC(C)(C)[C@H]([NH3+])C(=O)N1C[C@@H]2CCC[C@@H]2[C@H]1C(=O)NC(CC1CCC1)C(O)C(N)=O. The number of nitrogens with one attached hydrogen (secondary N) is 1. The molecule has 0 aromatic carbocycles. The van der Waals surface area contributed by atoms with Crippen LogP contribution in [0.2, 0.25) is 0 Å². The van der Waals surface area contributed by atoms with Crippen molar-refractivity contribution in [2.45, 2.75) is 89.9 Å². The first-order chi connectivity index (χ1) is 14.0. The van der Waals surface area contributed by atoms with E-state index in [2.05, 4.69) is 11.1 Å². The molecule has 2 unspecified atom stereocenters. The lowest BCUT2D eigenvalue weighted by molar-refractivity contribution is -0.428. The van der Waals surface area contributed by atoms with E-state index in [0.717, 1.165) is 38.5 Å². The van der Waals surface area contributed by atoms with Gasteiger partial charge in [-0.25, -0.2) is 0 Å². The Morgan fingerprint density at radius 1 is 1.17 bits per heavy atom. The van der Waals surface area contributed by atoms with Gasteiger partial charge in [0.15, 0.2) is 12.1 Å². The van der Waals surface area contributed by atoms with Gasteiger partial charge >= 0.3 is 0 Å². The molecule has 6 atom stereocenters. The average molecular weight is 424 g/mol. The lowest BCUT2D eigenvalue weighted by atomic mass is 9.79. The molecule has 8 heteroatoms. The first-order valence-corrected chi connectivity index (χ1v) is 11.4. The minimum atomic E-state index is -1.42. The Bertz CT molecular complexity index is 673. The number of carbonyl (C=O) groups excluding carboxylic acids is 3. The van der Waals surface area contributed by atoms with E-state index < -0.39 is 30.1 Å². The molecule has 0 bridgehead atoms. The highest BCUT2D eigenvalue weighted by Crippen LogP contribution is 2.43. The van der Waals surface area contributed by atoms with Crippen LogP contribution in [0.1, 0.15) is 65.7 Å². The number of likely N-dealkylation sites (tertiary alicyclic amines) is 1. The molecule has 1 heterocycles. The van der Waals surface area contributed by atoms with Gasteiger partial charge in [-0.05, 0) is 37.0 Å². The number of fused-ring (bicyclic) bond motifs is 1. The van der Waals surface area contributed by atoms with Crippen molar-refractivity contribution in [1.29, 1.82) is 0 Å². The van der Waals surface area contributed by atoms with Crippen molar-refractivity contribution in [3.63, 3.8) is 0 Å². The summed E-state index contributed by atoms with van der Waals surface area (Å²) in [5.74, 6) is -0.371. The minimum Gasteiger partial charge on any atom is -0.381 e. The van der Waals surface area contributed by atoms with Crippen LogP contribution in [0.4, 0.5) is 0 Å². The molecular weight excluding hydrogens is 384 g/mol. The monoisotopic (exact) mass is 423 g/mol. The quantitative estimate of drug-likeness (QED) is 0.450. The maximum absolute atomic E-state index is 13.4. The van der Waals surface area contributed by atoms with Crippen molar-refractivity contribution < 1.29 is 25.2 Å². The van der Waals surface area contributed by atoms with Gasteiger partial charge in [0, 0.05) is 12.0 Å². The molecule has 2 saturated carbocycles. The van der Waals surface area contributed by atoms with Crippen molar-refractivity contribution >= 4 is 17.7 Å². The van der Waals surface area contributed by atoms with Crippen LogP contribution in [-0.4, -0.2) is 58.5 Å². The first kappa shape index (κ1) is 23.0. The van der Waals surface area contributed by atoms with E-state index in [1.807, 2.05) is 20.8 Å². The zero-order valence-electron chi connectivity index (χ0n) is 18.6. The van der Waals surface area contributed by atoms with Gasteiger partial charge in [0.25, 0.3) is 5.91 Å². The number of amides is 3. The number of hydrogen-bond donors (Lipinski definition) is 4. The summed E-state index contributed by atoms with van der Waals surface area (Å²) in [6, 6.07) is -1.73. The zero-order chi connectivity index (χ0) is 22.2. The molecule has 3 rings (SSSR count). The summed E-state index contributed by atoms with van der Waals surface area (Å²) in [6.07, 6.45) is 5.30. The number of primary amides is 1. The lowest BCUT2D eigenvalue weighted by Gasteiger charge is -2.35. The van der Waals surface area contributed by atoms with E-state index >= 15 is 0 Å². The maximum Gasteiger partial charge on any atom is 0.281 e. The van der Waals surface area contributed by atoms with Gasteiger partial charge in [0.1, 0.15) is 6.04 Å². The maximum atomic E-state index is 13.4. The van der Waals surface area contributed by atoms with Crippen LogP contribution in [0.3, 0.4) is 0 Å². The van der Waals surface area contributed by atoms with Crippen LogP contribution in [0.5, 0.6) is 0 Å². The van der Waals surface area contributed by atoms with Gasteiger partial charge in [0.05, 0.1) is 6.04 Å². The predicted octanol–water partition coefficient (Wildman–Crippen LogP) is -0.209. The standard InChI is InChI=1S/C22H38N4O4/c1-22(2,3)18(23)21(30)26-11-13-8-5-9-14(13)16(26)20(29)25-15(17(27)19(24)28)10-12-6-4-7-12/h12-18,27H,4-11,23H2,1-3H3,(H2,24,28)(H,25,29)/p+1/t13-,14-,15?,16-,17?,18+/m0/s1. The molecule has 0 aromatic heterocycles. The topological polar surface area (TPSA) is 140 Å². The number of carbonyl (C=O) groups is 3. The third-order valence-electron chi connectivity index (χ3n) is 7.60. The summed E-state index contributed by atoms with van der Waals surface area (Å²) >= 11 is 0. The second kappa shape index (κ2) is 8.83. The van der Waals surface area contributed by atoms with Gasteiger partial charge in [0.2, 0.25) is 11.8 Å². The van der Waals surface area contributed by atoms with Gasteiger partial charge in [-0.3, -0.25) is 14.4 Å². The lowest BCUT2D eigenvalue weighted by Crippen LogP contribution is -2.73. The molecule has 8 nitrogen and oxygen atoms in total. The summed E-state index contributed by atoms with van der Waals surface area (Å²) in [5, 5.41) is 13.2. The van der Waals surface area contributed by atoms with E-state index in [-0.39, 0.29) is 23.1 Å². The first-order valence-electron chi connectivity index (χ1n) is 11.4. The highest BCUT2D eigenvalue weighted by atomic mass is 16.3. The van der Waals surface area contributed by atoms with Crippen LogP contribution < -0.4 is 16.8 Å². The van der Waals surface area contributed by atoms with E-state index in [0.29, 0.717) is 24.8 Å². The number of hydrogen-bond acceptors (Lipinski definition) is 4. The summed E-state index contributed by atoms with van der Waals surface area (Å²) in [7, 11) is 0. The molecule has 1 aliphatic heterocycles. The van der Waals surface area contributed by atoms with Crippen molar-refractivity contribution in [3.05, 3.63) is 0 Å². The fourth-order valence-corrected chi connectivity index (χ4v) is 5.26. The zero-order valence-corrected chi connectivity index (χ0v) is 18.6. The molecule has 3 aliphatic rings. The molecule has 30 heavy (non-hydrogen) atoms. The molecule has 2 aliphatic carbocycles. The van der Waals surface area contributed by atoms with E-state index in [4.69, 9.17) is 5.73 Å². The fraction of sp³-hybridized carbons (Fsp3) is 0.864. The molecule has 7 N–H and O–H groups in total. The van der Waals surface area contributed by atoms with Crippen LogP contribution in [0.15, 0.2) is 0 Å². The number of quaternary nitrogens is 1. The predicted molar refractivity (Wildman–Crippen MR) is 112 cm³/mol. The summed E-state index contributed by atoms with van der Waals surface area (Å²) in [4.78, 5) is 40.0. The highest BCUT2D eigenvalue weighted by molar-refractivity contribution is 5.91. The molecule has 3 amide bonds. The Kier molecular flexibility index (Phi) is 6.77. The number of aliphatic hydroxyl groups is 1. The van der Waals surface area contributed by atoms with Crippen molar-refractivity contribution in [2.75, 3.05) is 6.54 Å². The Hall–Kier alpha value is -1.67. The summed E-state index contributed by atoms with van der Waals surface area (Å²) in [6.45, 7) is 6.51. The number of rotatable bonds is 7. The Balaban J connectivity index is 1.78. The second-order valence-corrected chi connectivity index (χ2v) is 10.7.